The Morgan fingerprint density at radius 3 is 2.38 bits per heavy atom. The summed E-state index contributed by atoms with van der Waals surface area (Å²) in [5.74, 6) is -0.0107. The van der Waals surface area contributed by atoms with Crippen LogP contribution in [0, 0.1) is 0 Å². The maximum absolute atomic E-state index is 11.1. The number of likely N-dealkylation sites (N-methyl/N-ethyl adjacent to an activating group) is 1. The molecule has 0 aliphatic carbocycles. The lowest BCUT2D eigenvalue weighted by atomic mass is 10.3. The number of hydrogen-bond acceptors (Lipinski definition) is 1. The van der Waals surface area contributed by atoms with Gasteiger partial charge in [0, 0.05) is 0 Å². The Kier molecular flexibility index (Phi) is 4.70. The lowest BCUT2D eigenvalue weighted by Crippen LogP contribution is -2.47. The third-order valence-corrected chi connectivity index (χ3v) is 1.53. The molecule has 1 unspecified atom stereocenters. The van der Waals surface area contributed by atoms with Crippen molar-refractivity contribution in [2.45, 2.75) is 19.9 Å². The number of carbonyl (C=O) groups is 1. The molecule has 0 aliphatic heterocycles. The monoisotopic (exact) mass is 185 g/mol. The highest BCUT2D eigenvalue weighted by Crippen LogP contribution is 1.94. The maximum Gasteiger partial charge on any atom is 0.244 e. The molecule has 0 heterocycles. The van der Waals surface area contributed by atoms with Gasteiger partial charge in [-0.05, 0) is 19.9 Å². The van der Waals surface area contributed by atoms with Gasteiger partial charge in [0.05, 0.1) is 33.7 Å². The highest BCUT2D eigenvalue weighted by atomic mass is 16.1. The molecule has 0 aromatic rings. The van der Waals surface area contributed by atoms with Crippen LogP contribution in [-0.2, 0) is 4.79 Å². The number of carbonyl (C=O) groups excluding carboxylic acids is 1. The molecule has 76 valence electrons. The van der Waals surface area contributed by atoms with Crippen molar-refractivity contribution in [2.24, 2.45) is 0 Å². The maximum atomic E-state index is 11.1. The molecule has 0 fully saturated rings. The molecule has 0 aromatic carbocycles. The number of nitrogens with one attached hydrogen (secondary N) is 1. The van der Waals surface area contributed by atoms with Crippen LogP contribution in [0.2, 0.25) is 0 Å². The van der Waals surface area contributed by atoms with E-state index in [1.54, 1.807) is 12.2 Å². The van der Waals surface area contributed by atoms with Crippen molar-refractivity contribution >= 4 is 5.91 Å². The van der Waals surface area contributed by atoms with Crippen LogP contribution >= 0.6 is 0 Å². The zero-order valence-corrected chi connectivity index (χ0v) is 9.29. The largest absolute Gasteiger partial charge is 0.344 e. The van der Waals surface area contributed by atoms with E-state index < -0.39 is 0 Å². The van der Waals surface area contributed by atoms with Gasteiger partial charge < -0.3 is 9.80 Å². The molecule has 0 spiro atoms. The number of allylic oxidation sites excluding steroid dienone is 1. The normalized spacial score (nSPS) is 14.5. The average Bonchev–Trinajstić information content (AvgIpc) is 1.81. The second-order valence-electron chi connectivity index (χ2n) is 4.38. The van der Waals surface area contributed by atoms with Crippen LogP contribution in [0.1, 0.15) is 13.8 Å². The topological polar surface area (TPSA) is 29.1 Å². The summed E-state index contributed by atoms with van der Waals surface area (Å²) < 4.78 is 0.858. The van der Waals surface area contributed by atoms with Gasteiger partial charge in [-0.3, -0.25) is 4.79 Å². The van der Waals surface area contributed by atoms with E-state index in [0.717, 1.165) is 11.0 Å². The van der Waals surface area contributed by atoms with Crippen LogP contribution in [0.4, 0.5) is 0 Å². The quantitative estimate of drug-likeness (QED) is 0.509. The van der Waals surface area contributed by atoms with Crippen LogP contribution in [0.25, 0.3) is 0 Å². The second-order valence-corrected chi connectivity index (χ2v) is 4.38. The Morgan fingerprint density at radius 1 is 1.46 bits per heavy atom. The lowest BCUT2D eigenvalue weighted by Gasteiger charge is -2.27. The van der Waals surface area contributed by atoms with Gasteiger partial charge in [0.25, 0.3) is 0 Å². The van der Waals surface area contributed by atoms with Crippen LogP contribution in [0.15, 0.2) is 12.2 Å². The fraction of sp³-hybridized carbons (Fsp3) is 0.700. The molecule has 3 nitrogen and oxygen atoms in total. The van der Waals surface area contributed by atoms with Gasteiger partial charge in [-0.2, -0.15) is 0 Å². The summed E-state index contributed by atoms with van der Waals surface area (Å²) in [7, 11) is 6.33. The van der Waals surface area contributed by atoms with Crippen molar-refractivity contribution in [2.75, 3.05) is 27.7 Å². The summed E-state index contributed by atoms with van der Waals surface area (Å²) >= 11 is 0. The second kappa shape index (κ2) is 5.02. The first-order valence-corrected chi connectivity index (χ1v) is 4.59. The lowest BCUT2D eigenvalue weighted by molar-refractivity contribution is -0.871. The van der Waals surface area contributed by atoms with Crippen molar-refractivity contribution in [3.63, 3.8) is 0 Å². The van der Waals surface area contributed by atoms with Crippen LogP contribution in [0.5, 0.6) is 0 Å². The van der Waals surface area contributed by atoms with E-state index in [0.29, 0.717) is 0 Å². The molecule has 0 bridgehead atoms. The minimum Gasteiger partial charge on any atom is -0.344 e. The van der Waals surface area contributed by atoms with E-state index in [1.165, 1.54) is 0 Å². The minimum atomic E-state index is -0.0107. The van der Waals surface area contributed by atoms with E-state index in [2.05, 4.69) is 26.5 Å². The fourth-order valence-corrected chi connectivity index (χ4v) is 1.31. The number of nitrogens with zero attached hydrogens (tertiary/aromatic N) is 1. The third kappa shape index (κ3) is 7.53. The Balaban J connectivity index is 3.88. The van der Waals surface area contributed by atoms with Crippen molar-refractivity contribution in [1.29, 1.82) is 0 Å². The first-order chi connectivity index (χ1) is 5.85. The SMILES string of the molecule is CC=CC(=O)NC(C)C[N+](C)(C)C. The van der Waals surface area contributed by atoms with E-state index in [4.69, 9.17) is 0 Å². The van der Waals surface area contributed by atoms with E-state index >= 15 is 0 Å². The van der Waals surface area contributed by atoms with Gasteiger partial charge in [-0.15, -0.1) is 0 Å². The number of amides is 1. The summed E-state index contributed by atoms with van der Waals surface area (Å²) in [6, 6.07) is 0.212. The number of rotatable bonds is 4. The van der Waals surface area contributed by atoms with E-state index in [9.17, 15) is 4.79 Å². The highest BCUT2D eigenvalue weighted by molar-refractivity contribution is 5.87. The molecule has 0 aliphatic rings. The summed E-state index contributed by atoms with van der Waals surface area (Å²) in [6.07, 6.45) is 3.29. The molecule has 3 heteroatoms. The summed E-state index contributed by atoms with van der Waals surface area (Å²) in [5.41, 5.74) is 0. The van der Waals surface area contributed by atoms with Crippen molar-refractivity contribution in [3.8, 4) is 0 Å². The van der Waals surface area contributed by atoms with Gasteiger partial charge in [0.2, 0.25) is 5.91 Å². The molecule has 0 rings (SSSR count). The van der Waals surface area contributed by atoms with E-state index in [-0.39, 0.29) is 11.9 Å². The zero-order chi connectivity index (χ0) is 10.5. The molecule has 0 radical (unpaired) electrons. The van der Waals surface area contributed by atoms with Gasteiger partial charge in [0.1, 0.15) is 0 Å². The van der Waals surface area contributed by atoms with Crippen molar-refractivity contribution < 1.29 is 9.28 Å². The molecule has 1 atom stereocenters. The van der Waals surface area contributed by atoms with Gasteiger partial charge in [-0.1, -0.05) is 6.08 Å². The molecule has 13 heavy (non-hydrogen) atoms. The van der Waals surface area contributed by atoms with Crippen LogP contribution in [-0.4, -0.2) is 44.1 Å². The highest BCUT2D eigenvalue weighted by Gasteiger charge is 2.14. The molecule has 1 amide bonds. The smallest absolute Gasteiger partial charge is 0.244 e. The first kappa shape index (κ1) is 12.2. The van der Waals surface area contributed by atoms with Gasteiger partial charge in [-0.25, -0.2) is 0 Å². The Bertz CT molecular complexity index is 192. The molecular formula is C10H21N2O+. The number of hydrogen-bond donors (Lipinski definition) is 1. The minimum absolute atomic E-state index is 0.0107. The van der Waals surface area contributed by atoms with Crippen molar-refractivity contribution in [3.05, 3.63) is 12.2 Å². The molecule has 0 saturated heterocycles. The molecular weight excluding hydrogens is 164 g/mol. The predicted molar refractivity (Wildman–Crippen MR) is 55.3 cm³/mol. The van der Waals surface area contributed by atoms with Crippen LogP contribution in [0.3, 0.4) is 0 Å². The molecule has 0 aromatic heterocycles. The Morgan fingerprint density at radius 2 is 2.00 bits per heavy atom. The average molecular weight is 185 g/mol. The van der Waals surface area contributed by atoms with Gasteiger partial charge in [0.15, 0.2) is 0 Å². The third-order valence-electron chi connectivity index (χ3n) is 1.53. The van der Waals surface area contributed by atoms with Gasteiger partial charge >= 0.3 is 0 Å². The Hall–Kier alpha value is -0.830. The predicted octanol–water partition coefficient (Wildman–Crippen LogP) is 0.773. The standard InChI is InChI=1S/C10H20N2O/c1-6-7-10(13)11-9(2)8-12(3,4)5/h6-7,9H,8H2,1-5H3/p+1. The number of quaternary nitrogens is 1. The summed E-state index contributed by atoms with van der Waals surface area (Å²) in [4.78, 5) is 11.1. The summed E-state index contributed by atoms with van der Waals surface area (Å²) in [5, 5.41) is 2.90. The fourth-order valence-electron chi connectivity index (χ4n) is 1.31. The molecule has 1 N–H and O–H groups in total. The summed E-state index contributed by atoms with van der Waals surface area (Å²) in [6.45, 7) is 4.79. The van der Waals surface area contributed by atoms with Crippen LogP contribution < -0.4 is 5.32 Å². The zero-order valence-electron chi connectivity index (χ0n) is 9.29. The molecule has 0 saturated carbocycles. The Labute approximate surface area is 81.0 Å². The van der Waals surface area contributed by atoms with Crippen molar-refractivity contribution in [1.82, 2.24) is 5.32 Å². The van der Waals surface area contributed by atoms with E-state index in [1.807, 2.05) is 13.8 Å². The first-order valence-electron chi connectivity index (χ1n) is 4.59.